The summed E-state index contributed by atoms with van der Waals surface area (Å²) >= 11 is 11.9. The van der Waals surface area contributed by atoms with E-state index in [1.165, 1.54) is 18.2 Å². The third kappa shape index (κ3) is 3.63. The van der Waals surface area contributed by atoms with Crippen LogP contribution in [0.4, 0.5) is 11.4 Å². The fourth-order valence-electron chi connectivity index (χ4n) is 1.79. The molecule has 0 radical (unpaired) electrons. The summed E-state index contributed by atoms with van der Waals surface area (Å²) in [5.41, 5.74) is 1.39. The molecule has 106 valence electrons. The number of hydrogen-bond acceptors (Lipinski definition) is 4. The minimum absolute atomic E-state index is 0.0283. The van der Waals surface area contributed by atoms with Crippen LogP contribution in [0.25, 0.3) is 0 Å². The maximum absolute atomic E-state index is 11.0. The van der Waals surface area contributed by atoms with Gasteiger partial charge in [0.2, 0.25) is 0 Å². The molecule has 2 aromatic carbocycles. The van der Waals surface area contributed by atoms with E-state index < -0.39 is 4.92 Å². The van der Waals surface area contributed by atoms with Gasteiger partial charge in [-0.2, -0.15) is 5.26 Å². The molecule has 0 fully saturated rings. The average Bonchev–Trinajstić information content (AvgIpc) is 2.46. The molecule has 2 aromatic rings. The van der Waals surface area contributed by atoms with E-state index in [-0.39, 0.29) is 12.2 Å². The van der Waals surface area contributed by atoms with Crippen LogP contribution in [0, 0.1) is 21.4 Å². The Bertz CT molecular complexity index is 741. The van der Waals surface area contributed by atoms with E-state index in [1.807, 2.05) is 6.07 Å². The monoisotopic (exact) mass is 321 g/mol. The number of benzene rings is 2. The van der Waals surface area contributed by atoms with Crippen molar-refractivity contribution < 1.29 is 4.92 Å². The fraction of sp³-hybridized carbons (Fsp3) is 0.0714. The van der Waals surface area contributed by atoms with Crippen LogP contribution in [0.15, 0.2) is 36.4 Å². The molecule has 0 saturated heterocycles. The predicted octanol–water partition coefficient (Wildman–Crippen LogP) is 4.39. The van der Waals surface area contributed by atoms with Crippen molar-refractivity contribution in [2.45, 2.75) is 6.54 Å². The standard InChI is InChI=1S/C14H9Cl2N3O2/c15-11-2-4-14(19(20)21)10(6-11)8-18-13-5-9(7-17)1-3-12(13)16/h1-6,18H,8H2. The predicted molar refractivity (Wildman–Crippen MR) is 81.6 cm³/mol. The van der Waals surface area contributed by atoms with E-state index >= 15 is 0 Å². The van der Waals surface area contributed by atoms with E-state index in [4.69, 9.17) is 28.5 Å². The van der Waals surface area contributed by atoms with Gasteiger partial charge in [-0.25, -0.2) is 0 Å². The molecule has 1 N–H and O–H groups in total. The van der Waals surface area contributed by atoms with E-state index in [2.05, 4.69) is 5.32 Å². The first-order valence-electron chi connectivity index (χ1n) is 5.87. The highest BCUT2D eigenvalue weighted by atomic mass is 35.5. The number of nitro groups is 1. The first kappa shape index (κ1) is 15.1. The summed E-state index contributed by atoms with van der Waals surface area (Å²) < 4.78 is 0. The lowest BCUT2D eigenvalue weighted by Crippen LogP contribution is -2.03. The largest absolute Gasteiger partial charge is 0.379 e. The van der Waals surface area contributed by atoms with Gasteiger partial charge in [0.1, 0.15) is 0 Å². The van der Waals surface area contributed by atoms with Crippen LogP contribution in [-0.2, 0) is 6.54 Å². The van der Waals surface area contributed by atoms with Crippen molar-refractivity contribution in [2.75, 3.05) is 5.32 Å². The molecule has 0 saturated carbocycles. The van der Waals surface area contributed by atoms with E-state index in [0.717, 1.165) is 0 Å². The Morgan fingerprint density at radius 1 is 1.24 bits per heavy atom. The lowest BCUT2D eigenvalue weighted by atomic mass is 10.1. The third-order valence-corrected chi connectivity index (χ3v) is 3.37. The molecular formula is C14H9Cl2N3O2. The highest BCUT2D eigenvalue weighted by Crippen LogP contribution is 2.27. The van der Waals surface area contributed by atoms with Crippen LogP contribution in [0.1, 0.15) is 11.1 Å². The van der Waals surface area contributed by atoms with Crippen LogP contribution in [0.3, 0.4) is 0 Å². The molecule has 21 heavy (non-hydrogen) atoms. The van der Waals surface area contributed by atoms with Crippen LogP contribution in [0.2, 0.25) is 10.0 Å². The molecule has 0 aliphatic heterocycles. The first-order valence-corrected chi connectivity index (χ1v) is 6.63. The van der Waals surface area contributed by atoms with Crippen molar-refractivity contribution in [1.82, 2.24) is 0 Å². The lowest BCUT2D eigenvalue weighted by molar-refractivity contribution is -0.385. The molecule has 0 aliphatic rings. The molecule has 0 aromatic heterocycles. The Kier molecular flexibility index (Phi) is 4.63. The zero-order valence-electron chi connectivity index (χ0n) is 10.6. The summed E-state index contributed by atoms with van der Waals surface area (Å²) in [6.45, 7) is 0.172. The van der Waals surface area contributed by atoms with E-state index in [9.17, 15) is 10.1 Å². The molecule has 0 aliphatic carbocycles. The molecule has 0 spiro atoms. The second kappa shape index (κ2) is 6.44. The van der Waals surface area contributed by atoms with Crippen molar-refractivity contribution >= 4 is 34.6 Å². The summed E-state index contributed by atoms with van der Waals surface area (Å²) in [7, 11) is 0. The Morgan fingerprint density at radius 3 is 2.67 bits per heavy atom. The maximum Gasteiger partial charge on any atom is 0.274 e. The lowest BCUT2D eigenvalue weighted by Gasteiger charge is -2.09. The zero-order chi connectivity index (χ0) is 15.4. The van der Waals surface area contributed by atoms with Crippen molar-refractivity contribution in [1.29, 1.82) is 5.26 Å². The molecule has 0 bridgehead atoms. The Morgan fingerprint density at radius 2 is 2.00 bits per heavy atom. The number of anilines is 1. The molecule has 0 atom stereocenters. The summed E-state index contributed by atoms with van der Waals surface area (Å²) in [4.78, 5) is 10.5. The SMILES string of the molecule is N#Cc1ccc(Cl)c(NCc2cc(Cl)ccc2[N+](=O)[O-])c1. The normalized spacial score (nSPS) is 9.95. The van der Waals surface area contributed by atoms with Gasteiger partial charge in [-0.15, -0.1) is 0 Å². The first-order chi connectivity index (χ1) is 10.0. The average molecular weight is 322 g/mol. The highest BCUT2D eigenvalue weighted by Gasteiger charge is 2.14. The summed E-state index contributed by atoms with van der Waals surface area (Å²) in [6.07, 6.45) is 0. The summed E-state index contributed by atoms with van der Waals surface area (Å²) in [6, 6.07) is 11.1. The Balaban J connectivity index is 2.26. The van der Waals surface area contributed by atoms with Crippen LogP contribution < -0.4 is 5.32 Å². The van der Waals surface area contributed by atoms with Gasteiger partial charge < -0.3 is 5.32 Å². The van der Waals surface area contributed by atoms with Crippen molar-refractivity contribution in [3.63, 3.8) is 0 Å². The number of nitro benzene ring substituents is 1. The molecule has 2 rings (SSSR count). The Hall–Kier alpha value is -2.29. The van der Waals surface area contributed by atoms with E-state index in [0.29, 0.717) is 26.9 Å². The number of rotatable bonds is 4. The number of halogens is 2. The second-order valence-electron chi connectivity index (χ2n) is 4.19. The van der Waals surface area contributed by atoms with Gasteiger partial charge in [-0.1, -0.05) is 23.2 Å². The molecule has 5 nitrogen and oxygen atoms in total. The van der Waals surface area contributed by atoms with Gasteiger partial charge in [-0.3, -0.25) is 10.1 Å². The Labute approximate surface area is 130 Å². The minimum Gasteiger partial charge on any atom is -0.379 e. The number of nitrogens with one attached hydrogen (secondary N) is 1. The van der Waals surface area contributed by atoms with Crippen molar-refractivity contribution in [3.05, 3.63) is 67.7 Å². The van der Waals surface area contributed by atoms with Crippen LogP contribution in [0.5, 0.6) is 0 Å². The van der Waals surface area contributed by atoms with Crippen molar-refractivity contribution in [2.24, 2.45) is 0 Å². The molecular weight excluding hydrogens is 313 g/mol. The van der Waals surface area contributed by atoms with Gasteiger partial charge in [0.05, 0.1) is 32.8 Å². The minimum atomic E-state index is -0.472. The van der Waals surface area contributed by atoms with Gasteiger partial charge in [0, 0.05) is 17.6 Å². The number of nitrogens with zero attached hydrogens (tertiary/aromatic N) is 2. The van der Waals surface area contributed by atoms with E-state index in [1.54, 1.807) is 18.2 Å². The second-order valence-corrected chi connectivity index (χ2v) is 5.03. The smallest absolute Gasteiger partial charge is 0.274 e. The molecule has 0 unspecified atom stereocenters. The number of hydrogen-bond donors (Lipinski definition) is 1. The summed E-state index contributed by atoms with van der Waals surface area (Å²) in [5, 5.41) is 23.7. The maximum atomic E-state index is 11.0. The highest BCUT2D eigenvalue weighted by molar-refractivity contribution is 6.33. The van der Waals surface area contributed by atoms with Crippen molar-refractivity contribution in [3.8, 4) is 6.07 Å². The van der Waals surface area contributed by atoms with Gasteiger partial charge >= 0.3 is 0 Å². The van der Waals surface area contributed by atoms with Crippen LogP contribution >= 0.6 is 23.2 Å². The van der Waals surface area contributed by atoms with Gasteiger partial charge in [0.25, 0.3) is 5.69 Å². The number of nitriles is 1. The van der Waals surface area contributed by atoms with Crippen LogP contribution in [-0.4, -0.2) is 4.92 Å². The zero-order valence-corrected chi connectivity index (χ0v) is 12.1. The summed E-state index contributed by atoms with van der Waals surface area (Å²) in [5.74, 6) is 0. The molecule has 0 amide bonds. The van der Waals surface area contributed by atoms with Gasteiger partial charge in [0.15, 0.2) is 0 Å². The molecule has 0 heterocycles. The van der Waals surface area contributed by atoms with Gasteiger partial charge in [-0.05, 0) is 30.3 Å². The topological polar surface area (TPSA) is 79.0 Å². The quantitative estimate of drug-likeness (QED) is 0.669. The molecule has 7 heteroatoms. The third-order valence-electron chi connectivity index (χ3n) is 2.80. The fourth-order valence-corrected chi connectivity index (χ4v) is 2.17.